The summed E-state index contributed by atoms with van der Waals surface area (Å²) in [7, 11) is 0. The van der Waals surface area contributed by atoms with Crippen molar-refractivity contribution in [2.24, 2.45) is 0 Å². The first kappa shape index (κ1) is 28.5. The molecule has 2 fully saturated rings. The summed E-state index contributed by atoms with van der Waals surface area (Å²) in [6.07, 6.45) is -2.00. The van der Waals surface area contributed by atoms with Gasteiger partial charge in [-0.1, -0.05) is 18.2 Å². The highest BCUT2D eigenvalue weighted by molar-refractivity contribution is 6.35. The van der Waals surface area contributed by atoms with Crippen molar-refractivity contribution in [3.05, 3.63) is 64.1 Å². The maximum Gasteiger partial charge on any atom is 0.350 e. The Hall–Kier alpha value is -3.64. The fourth-order valence-electron chi connectivity index (χ4n) is 6.20. The van der Waals surface area contributed by atoms with Crippen LogP contribution < -0.4 is 15.3 Å². The second-order valence-corrected chi connectivity index (χ2v) is 11.3. The van der Waals surface area contributed by atoms with Gasteiger partial charge in [-0.3, -0.25) is 14.3 Å². The van der Waals surface area contributed by atoms with Crippen molar-refractivity contribution >= 4 is 34.2 Å². The van der Waals surface area contributed by atoms with Gasteiger partial charge in [0.1, 0.15) is 36.4 Å². The van der Waals surface area contributed by atoms with Crippen LogP contribution in [0.5, 0.6) is 5.75 Å². The molecule has 222 valence electrons. The van der Waals surface area contributed by atoms with E-state index < -0.39 is 35.7 Å². The summed E-state index contributed by atoms with van der Waals surface area (Å²) < 4.78 is 64.4. The number of aromatic nitrogens is 2. The maximum absolute atomic E-state index is 15.0. The predicted molar refractivity (Wildman–Crippen MR) is 151 cm³/mol. The minimum atomic E-state index is -1.63. The van der Waals surface area contributed by atoms with E-state index in [0.29, 0.717) is 36.4 Å². The Morgan fingerprint density at radius 1 is 1.17 bits per heavy atom. The van der Waals surface area contributed by atoms with Crippen LogP contribution in [0.2, 0.25) is 5.02 Å². The van der Waals surface area contributed by atoms with E-state index in [1.165, 1.54) is 16.7 Å². The average molecular weight is 606 g/mol. The number of carbonyl (C=O) groups excluding carboxylic acids is 1. The number of likely N-dealkylation sites (tertiary alicyclic amines) is 1. The van der Waals surface area contributed by atoms with E-state index in [4.69, 9.17) is 16.3 Å². The summed E-state index contributed by atoms with van der Waals surface area (Å²) in [6.45, 7) is 6.35. The monoisotopic (exact) mass is 605 g/mol. The molecule has 0 radical (unpaired) electrons. The zero-order valence-electron chi connectivity index (χ0n) is 22.7. The van der Waals surface area contributed by atoms with Crippen LogP contribution in [0, 0.1) is 11.6 Å². The van der Waals surface area contributed by atoms with Crippen LogP contribution in [-0.4, -0.2) is 89.5 Å². The topological polar surface area (TPSA) is 70.9 Å². The Kier molecular flexibility index (Phi) is 7.38. The van der Waals surface area contributed by atoms with E-state index in [1.807, 2.05) is 11.8 Å². The van der Waals surface area contributed by atoms with Crippen LogP contribution in [0.4, 0.5) is 23.4 Å². The third-order valence-corrected chi connectivity index (χ3v) is 8.49. The molecule has 0 N–H and O–H groups in total. The van der Waals surface area contributed by atoms with E-state index in [-0.39, 0.29) is 60.1 Å². The van der Waals surface area contributed by atoms with Crippen LogP contribution >= 0.6 is 11.6 Å². The number of hydrogen-bond acceptors (Lipinski definition) is 6. The number of alkyl halides is 2. The molecule has 1 aromatic heterocycles. The fraction of sp³-hybridized carbons (Fsp3) is 0.414. The van der Waals surface area contributed by atoms with E-state index in [9.17, 15) is 22.8 Å². The normalized spacial score (nSPS) is 24.2. The molecule has 2 aromatic carbocycles. The first-order chi connectivity index (χ1) is 20.1. The second-order valence-electron chi connectivity index (χ2n) is 10.9. The molecule has 8 nitrogen and oxygen atoms in total. The average Bonchev–Trinajstić information content (AvgIpc) is 3.27. The third kappa shape index (κ3) is 4.80. The maximum atomic E-state index is 15.0. The van der Waals surface area contributed by atoms with E-state index in [1.54, 1.807) is 15.9 Å². The van der Waals surface area contributed by atoms with Crippen LogP contribution in [0.1, 0.15) is 13.0 Å². The molecule has 4 unspecified atom stereocenters. The van der Waals surface area contributed by atoms with Gasteiger partial charge in [0.05, 0.1) is 16.6 Å². The molecule has 3 aromatic rings. The van der Waals surface area contributed by atoms with Gasteiger partial charge in [0.15, 0.2) is 5.75 Å². The molecule has 0 spiro atoms. The summed E-state index contributed by atoms with van der Waals surface area (Å²) in [4.78, 5) is 35.6. The summed E-state index contributed by atoms with van der Waals surface area (Å²) in [6, 6.07) is 3.76. The van der Waals surface area contributed by atoms with Gasteiger partial charge in [-0.05, 0) is 31.2 Å². The van der Waals surface area contributed by atoms with Crippen molar-refractivity contribution in [3.8, 4) is 16.9 Å². The standard InChI is InChI=1S/C29H28ClF4N5O3/c1-3-24(40)37-6-7-38(15(2)10-37)28-19-9-20(30)25(18-5-4-16(31)8-21(18)32)27-26(19)39(29(41)35-28)17(14-42-27)11-36-12-22(33)23(34)13-36/h3-5,8-9,15,17,22-23H,1,6-7,10-14H2,2H3. The molecule has 3 aliphatic rings. The first-order valence-electron chi connectivity index (χ1n) is 13.6. The van der Waals surface area contributed by atoms with E-state index in [0.717, 1.165) is 12.1 Å². The Balaban J connectivity index is 1.52. The van der Waals surface area contributed by atoms with Crippen molar-refractivity contribution in [2.75, 3.05) is 50.8 Å². The molecule has 3 aliphatic heterocycles. The summed E-state index contributed by atoms with van der Waals surface area (Å²) in [5, 5.41) is 0.553. The molecule has 4 atom stereocenters. The number of benzene rings is 2. The van der Waals surface area contributed by atoms with Crippen LogP contribution in [0.15, 0.2) is 41.7 Å². The van der Waals surface area contributed by atoms with Gasteiger partial charge in [0.2, 0.25) is 5.91 Å². The number of ether oxygens (including phenoxy) is 1. The lowest BCUT2D eigenvalue weighted by Crippen LogP contribution is -2.54. The molecular formula is C29H28ClF4N5O3. The Labute approximate surface area is 243 Å². The summed E-state index contributed by atoms with van der Waals surface area (Å²) in [5.74, 6) is -1.39. The third-order valence-electron chi connectivity index (χ3n) is 8.19. The van der Waals surface area contributed by atoms with Crippen molar-refractivity contribution in [2.45, 2.75) is 31.4 Å². The van der Waals surface area contributed by atoms with Gasteiger partial charge in [0, 0.05) is 67.9 Å². The SMILES string of the molecule is C=CC(=O)N1CCN(c2nc(=O)n3c4c(c(-c5ccc(F)cc5F)c(Cl)cc24)OCC3CN2CC(F)C(F)C2)C(C)C1. The lowest BCUT2D eigenvalue weighted by molar-refractivity contribution is -0.126. The zero-order chi connectivity index (χ0) is 29.9. The molecule has 0 aliphatic carbocycles. The van der Waals surface area contributed by atoms with Crippen LogP contribution in [0.25, 0.3) is 22.0 Å². The van der Waals surface area contributed by atoms with Crippen molar-refractivity contribution in [3.63, 3.8) is 0 Å². The molecule has 1 amide bonds. The number of amides is 1. The Bertz CT molecular complexity index is 1640. The Morgan fingerprint density at radius 2 is 1.90 bits per heavy atom. The van der Waals surface area contributed by atoms with E-state index in [2.05, 4.69) is 11.6 Å². The van der Waals surface area contributed by atoms with Gasteiger partial charge < -0.3 is 14.5 Å². The van der Waals surface area contributed by atoms with E-state index >= 15 is 4.39 Å². The first-order valence-corrected chi connectivity index (χ1v) is 14.0. The minimum absolute atomic E-state index is 0.0147. The molecule has 2 saturated heterocycles. The zero-order valence-corrected chi connectivity index (χ0v) is 23.5. The van der Waals surface area contributed by atoms with Crippen molar-refractivity contribution in [1.29, 1.82) is 0 Å². The summed E-state index contributed by atoms with van der Waals surface area (Å²) in [5.41, 5.74) is -0.189. The molecule has 6 rings (SSSR count). The quantitative estimate of drug-likeness (QED) is 0.322. The number of rotatable bonds is 5. The van der Waals surface area contributed by atoms with Gasteiger partial charge in [-0.15, -0.1) is 0 Å². The van der Waals surface area contributed by atoms with Gasteiger partial charge in [-0.25, -0.2) is 22.4 Å². The Morgan fingerprint density at radius 3 is 2.57 bits per heavy atom. The minimum Gasteiger partial charge on any atom is -0.488 e. The van der Waals surface area contributed by atoms with Crippen LogP contribution in [-0.2, 0) is 4.79 Å². The molecular weight excluding hydrogens is 578 g/mol. The molecule has 0 saturated carbocycles. The second kappa shape index (κ2) is 10.9. The van der Waals surface area contributed by atoms with Crippen LogP contribution in [0.3, 0.4) is 0 Å². The number of anilines is 1. The lowest BCUT2D eigenvalue weighted by Gasteiger charge is -2.41. The van der Waals surface area contributed by atoms with Crippen molar-refractivity contribution in [1.82, 2.24) is 19.4 Å². The number of piperazine rings is 1. The highest BCUT2D eigenvalue weighted by Gasteiger charge is 2.38. The highest BCUT2D eigenvalue weighted by atomic mass is 35.5. The lowest BCUT2D eigenvalue weighted by atomic mass is 9.99. The highest BCUT2D eigenvalue weighted by Crippen LogP contribution is 2.47. The molecule has 4 heterocycles. The number of halogens is 5. The summed E-state index contributed by atoms with van der Waals surface area (Å²) >= 11 is 6.76. The fourth-order valence-corrected chi connectivity index (χ4v) is 6.50. The smallest absolute Gasteiger partial charge is 0.350 e. The number of carbonyl (C=O) groups is 1. The number of hydrogen-bond donors (Lipinski definition) is 0. The molecule has 0 bridgehead atoms. The van der Waals surface area contributed by atoms with Gasteiger partial charge in [-0.2, -0.15) is 4.98 Å². The van der Waals surface area contributed by atoms with Gasteiger partial charge in [0.25, 0.3) is 0 Å². The molecule has 13 heteroatoms. The number of nitrogens with zero attached hydrogens (tertiary/aromatic N) is 5. The van der Waals surface area contributed by atoms with Crippen molar-refractivity contribution < 1.29 is 27.1 Å². The molecule has 42 heavy (non-hydrogen) atoms. The largest absolute Gasteiger partial charge is 0.488 e. The predicted octanol–water partition coefficient (Wildman–Crippen LogP) is 4.14. The van der Waals surface area contributed by atoms with Gasteiger partial charge >= 0.3 is 5.69 Å².